The van der Waals surface area contributed by atoms with Gasteiger partial charge in [0.1, 0.15) is 11.5 Å². The lowest BCUT2D eigenvalue weighted by atomic mass is 10.2. The van der Waals surface area contributed by atoms with Crippen LogP contribution in [0.15, 0.2) is 23.2 Å². The number of morpholine rings is 1. The zero-order valence-electron chi connectivity index (χ0n) is 19.8. The third-order valence-corrected chi connectivity index (χ3v) is 5.95. The fourth-order valence-corrected chi connectivity index (χ4v) is 4.19. The number of likely N-dealkylation sites (tertiary alicyclic amines) is 1. The van der Waals surface area contributed by atoms with Gasteiger partial charge in [-0.1, -0.05) is 0 Å². The third kappa shape index (κ3) is 8.92. The molecule has 0 bridgehead atoms. The average Bonchev–Trinajstić information content (AvgIpc) is 3.25. The van der Waals surface area contributed by atoms with Crippen LogP contribution in [0.25, 0.3) is 0 Å². The van der Waals surface area contributed by atoms with Crippen molar-refractivity contribution in [3.63, 3.8) is 0 Å². The van der Waals surface area contributed by atoms with E-state index in [1.807, 2.05) is 13.1 Å². The molecule has 2 aliphatic heterocycles. The summed E-state index contributed by atoms with van der Waals surface area (Å²) in [6.07, 6.45) is 3.45. The van der Waals surface area contributed by atoms with E-state index >= 15 is 0 Å². The second-order valence-corrected chi connectivity index (χ2v) is 8.25. The minimum Gasteiger partial charge on any atom is -0.497 e. The molecular formula is C23H40IN5O3. The smallest absolute Gasteiger partial charge is 0.191 e. The van der Waals surface area contributed by atoms with E-state index in [0.717, 1.165) is 89.3 Å². The summed E-state index contributed by atoms with van der Waals surface area (Å²) in [6.45, 7) is 8.93. The van der Waals surface area contributed by atoms with Crippen LogP contribution >= 0.6 is 24.0 Å². The molecule has 2 N–H and O–H groups in total. The van der Waals surface area contributed by atoms with E-state index in [2.05, 4.69) is 37.6 Å². The predicted molar refractivity (Wildman–Crippen MR) is 140 cm³/mol. The number of rotatable bonds is 10. The Labute approximate surface area is 210 Å². The number of unbranched alkanes of at least 4 members (excludes halogenated alkanes) is 1. The molecule has 0 amide bonds. The maximum absolute atomic E-state index is 5.41. The van der Waals surface area contributed by atoms with Gasteiger partial charge in [-0.2, -0.15) is 0 Å². The number of nitrogens with zero attached hydrogens (tertiary/aromatic N) is 3. The lowest BCUT2D eigenvalue weighted by Crippen LogP contribution is -2.45. The molecule has 1 atom stereocenters. The zero-order valence-corrected chi connectivity index (χ0v) is 22.1. The van der Waals surface area contributed by atoms with Crippen molar-refractivity contribution in [2.24, 2.45) is 4.99 Å². The van der Waals surface area contributed by atoms with Gasteiger partial charge in [0.25, 0.3) is 0 Å². The van der Waals surface area contributed by atoms with Crippen molar-refractivity contribution in [2.75, 3.05) is 73.7 Å². The molecule has 2 heterocycles. The van der Waals surface area contributed by atoms with Gasteiger partial charge < -0.3 is 24.8 Å². The van der Waals surface area contributed by atoms with Gasteiger partial charge in [-0.05, 0) is 43.5 Å². The highest BCUT2D eigenvalue weighted by Gasteiger charge is 2.23. The topological polar surface area (TPSA) is 70.6 Å². The molecule has 2 saturated heterocycles. The van der Waals surface area contributed by atoms with Crippen molar-refractivity contribution in [2.45, 2.75) is 31.8 Å². The number of methoxy groups -OCH3 is 2. The molecular weight excluding hydrogens is 521 g/mol. The third-order valence-electron chi connectivity index (χ3n) is 5.95. The van der Waals surface area contributed by atoms with Gasteiger partial charge >= 0.3 is 0 Å². The summed E-state index contributed by atoms with van der Waals surface area (Å²) in [5, 5.41) is 7.06. The average molecular weight is 562 g/mol. The lowest BCUT2D eigenvalue weighted by Gasteiger charge is -2.26. The van der Waals surface area contributed by atoms with Crippen LogP contribution in [0.3, 0.4) is 0 Å². The second kappa shape index (κ2) is 14.8. The lowest BCUT2D eigenvalue weighted by molar-refractivity contribution is 0.0372. The first-order valence-electron chi connectivity index (χ1n) is 11.4. The number of nitrogens with one attached hydrogen (secondary N) is 2. The Morgan fingerprint density at radius 3 is 2.44 bits per heavy atom. The highest BCUT2D eigenvalue weighted by Crippen LogP contribution is 2.24. The quantitative estimate of drug-likeness (QED) is 0.197. The molecule has 2 aliphatic rings. The van der Waals surface area contributed by atoms with Gasteiger partial charge in [0, 0.05) is 58.4 Å². The first-order chi connectivity index (χ1) is 15.2. The van der Waals surface area contributed by atoms with E-state index in [-0.39, 0.29) is 24.0 Å². The fourth-order valence-electron chi connectivity index (χ4n) is 4.19. The summed E-state index contributed by atoms with van der Waals surface area (Å²) in [6, 6.07) is 6.49. The van der Waals surface area contributed by atoms with Crippen molar-refractivity contribution in [3.05, 3.63) is 23.8 Å². The summed E-state index contributed by atoms with van der Waals surface area (Å²) in [4.78, 5) is 9.36. The number of benzene rings is 1. The van der Waals surface area contributed by atoms with Crippen LogP contribution in [0, 0.1) is 0 Å². The Bertz CT molecular complexity index is 678. The van der Waals surface area contributed by atoms with E-state index in [0.29, 0.717) is 6.04 Å². The van der Waals surface area contributed by atoms with Crippen molar-refractivity contribution in [3.8, 4) is 11.5 Å². The van der Waals surface area contributed by atoms with Gasteiger partial charge in [0.15, 0.2) is 5.96 Å². The molecule has 0 saturated carbocycles. The molecule has 8 nitrogen and oxygen atoms in total. The molecule has 0 aromatic heterocycles. The predicted octanol–water partition coefficient (Wildman–Crippen LogP) is 2.17. The first-order valence-corrected chi connectivity index (χ1v) is 11.4. The molecule has 32 heavy (non-hydrogen) atoms. The largest absolute Gasteiger partial charge is 0.497 e. The van der Waals surface area contributed by atoms with Gasteiger partial charge in [-0.3, -0.25) is 14.8 Å². The van der Waals surface area contributed by atoms with Gasteiger partial charge in [-0.25, -0.2) is 0 Å². The maximum Gasteiger partial charge on any atom is 0.191 e. The molecule has 0 aliphatic carbocycles. The van der Waals surface area contributed by atoms with Crippen LogP contribution in [0.4, 0.5) is 0 Å². The van der Waals surface area contributed by atoms with E-state index in [4.69, 9.17) is 14.2 Å². The monoisotopic (exact) mass is 561 g/mol. The minimum atomic E-state index is 0. The summed E-state index contributed by atoms with van der Waals surface area (Å²) in [5.74, 6) is 2.57. The van der Waals surface area contributed by atoms with Crippen LogP contribution in [0.1, 0.15) is 24.8 Å². The van der Waals surface area contributed by atoms with Gasteiger partial charge in [0.2, 0.25) is 0 Å². The molecule has 1 aromatic rings. The molecule has 3 rings (SSSR count). The van der Waals surface area contributed by atoms with Crippen LogP contribution in [0.5, 0.6) is 11.5 Å². The SMILES string of the molecule is CN=C(NCCCCN1CCOCC1)NC1CCN(Cc2cc(OC)cc(OC)c2)C1.I. The van der Waals surface area contributed by atoms with Crippen LogP contribution in [-0.2, 0) is 11.3 Å². The number of guanidine groups is 1. The normalized spacial score (nSPS) is 20.0. The summed E-state index contributed by atoms with van der Waals surface area (Å²) >= 11 is 0. The number of hydrogen-bond acceptors (Lipinski definition) is 6. The van der Waals surface area contributed by atoms with E-state index in [9.17, 15) is 0 Å². The van der Waals surface area contributed by atoms with Gasteiger partial charge in [-0.15, -0.1) is 24.0 Å². The molecule has 182 valence electrons. The summed E-state index contributed by atoms with van der Waals surface area (Å²) in [5.41, 5.74) is 1.21. The second-order valence-electron chi connectivity index (χ2n) is 8.25. The van der Waals surface area contributed by atoms with Crippen molar-refractivity contribution < 1.29 is 14.2 Å². The summed E-state index contributed by atoms with van der Waals surface area (Å²) < 4.78 is 16.2. The minimum absolute atomic E-state index is 0. The molecule has 9 heteroatoms. The van der Waals surface area contributed by atoms with Crippen molar-refractivity contribution in [1.29, 1.82) is 0 Å². The van der Waals surface area contributed by atoms with Crippen molar-refractivity contribution >= 4 is 29.9 Å². The molecule has 2 fully saturated rings. The van der Waals surface area contributed by atoms with E-state index in [1.165, 1.54) is 12.0 Å². The van der Waals surface area contributed by atoms with Gasteiger partial charge in [0.05, 0.1) is 27.4 Å². The fraction of sp³-hybridized carbons (Fsp3) is 0.696. The Morgan fingerprint density at radius 2 is 1.78 bits per heavy atom. The Hall–Kier alpha value is -1.30. The number of ether oxygens (including phenoxy) is 3. The Balaban J connectivity index is 0.00000363. The molecule has 1 aromatic carbocycles. The van der Waals surface area contributed by atoms with Crippen LogP contribution in [0.2, 0.25) is 0 Å². The zero-order chi connectivity index (χ0) is 21.9. The maximum atomic E-state index is 5.41. The number of halogens is 1. The van der Waals surface area contributed by atoms with Crippen LogP contribution in [-0.4, -0.2) is 95.6 Å². The highest BCUT2D eigenvalue weighted by atomic mass is 127. The number of hydrogen-bond donors (Lipinski definition) is 2. The summed E-state index contributed by atoms with van der Waals surface area (Å²) in [7, 11) is 5.23. The molecule has 0 radical (unpaired) electrons. The highest BCUT2D eigenvalue weighted by molar-refractivity contribution is 14.0. The Morgan fingerprint density at radius 1 is 1.06 bits per heavy atom. The Kier molecular flexibility index (Phi) is 12.4. The first kappa shape index (κ1) is 26.9. The molecule has 0 spiro atoms. The number of aliphatic imine (C=N–C) groups is 1. The van der Waals surface area contributed by atoms with Crippen molar-refractivity contribution in [1.82, 2.24) is 20.4 Å². The molecule has 1 unspecified atom stereocenters. The van der Waals surface area contributed by atoms with Crippen LogP contribution < -0.4 is 20.1 Å². The standard InChI is InChI=1S/C23H39N5O3.HI/c1-24-23(25-7-4-5-8-27-10-12-31-13-11-27)26-20-6-9-28(18-20)17-19-14-21(29-2)16-22(15-19)30-3;/h14-16,20H,4-13,17-18H2,1-3H3,(H2,24,25,26);1H. The van der Waals surface area contributed by atoms with E-state index < -0.39 is 0 Å². The van der Waals surface area contributed by atoms with E-state index in [1.54, 1.807) is 14.2 Å².